The van der Waals surface area contributed by atoms with Crippen molar-refractivity contribution in [3.8, 4) is 0 Å². The van der Waals surface area contributed by atoms with Crippen LogP contribution in [-0.4, -0.2) is 25.2 Å². The predicted octanol–water partition coefficient (Wildman–Crippen LogP) is 3.02. The number of nitrogens with one attached hydrogen (secondary N) is 1. The molecule has 2 amide bonds. The lowest BCUT2D eigenvalue weighted by Gasteiger charge is -2.28. The zero-order valence-electron chi connectivity index (χ0n) is 12.4. The van der Waals surface area contributed by atoms with Gasteiger partial charge >= 0.3 is 6.03 Å². The molecule has 0 radical (unpaired) electrons. The van der Waals surface area contributed by atoms with Crippen LogP contribution in [0.5, 0.6) is 0 Å². The topological polar surface area (TPSA) is 58.4 Å². The average Bonchev–Trinajstić information content (AvgIpc) is 2.50. The van der Waals surface area contributed by atoms with Gasteiger partial charge < -0.3 is 11.1 Å². The molecule has 1 fully saturated rings. The molecule has 1 aromatic carbocycles. The normalized spacial score (nSPS) is 15.7. The van der Waals surface area contributed by atoms with Crippen molar-refractivity contribution in [2.75, 3.05) is 18.0 Å². The highest BCUT2D eigenvalue weighted by molar-refractivity contribution is 5.92. The highest BCUT2D eigenvalue weighted by atomic mass is 19.1. The maximum atomic E-state index is 13.0. The fraction of sp³-hybridized carbons (Fsp3) is 0.562. The van der Waals surface area contributed by atoms with E-state index in [1.54, 1.807) is 17.0 Å². The van der Waals surface area contributed by atoms with Crippen molar-refractivity contribution in [2.45, 2.75) is 44.6 Å². The molecule has 21 heavy (non-hydrogen) atoms. The summed E-state index contributed by atoms with van der Waals surface area (Å²) in [6.07, 6.45) is 6.39. The van der Waals surface area contributed by atoms with E-state index in [0.717, 1.165) is 19.3 Å². The van der Waals surface area contributed by atoms with E-state index in [1.165, 1.54) is 31.4 Å². The molecule has 0 atom stereocenters. The van der Waals surface area contributed by atoms with Crippen molar-refractivity contribution in [3.63, 3.8) is 0 Å². The first kappa shape index (κ1) is 15.8. The summed E-state index contributed by atoms with van der Waals surface area (Å²) < 4.78 is 13.0. The summed E-state index contributed by atoms with van der Waals surface area (Å²) >= 11 is 0. The van der Waals surface area contributed by atoms with Crippen molar-refractivity contribution in [1.82, 2.24) is 5.32 Å². The van der Waals surface area contributed by atoms with Crippen molar-refractivity contribution in [1.29, 1.82) is 0 Å². The van der Waals surface area contributed by atoms with Gasteiger partial charge in [-0.15, -0.1) is 0 Å². The first-order valence-corrected chi connectivity index (χ1v) is 7.74. The Morgan fingerprint density at radius 2 is 1.90 bits per heavy atom. The maximum Gasteiger partial charge on any atom is 0.322 e. The Kier molecular flexibility index (Phi) is 5.99. The molecule has 0 bridgehead atoms. The molecule has 0 aliphatic heterocycles. The van der Waals surface area contributed by atoms with Gasteiger partial charge in [-0.05, 0) is 50.1 Å². The van der Waals surface area contributed by atoms with Crippen LogP contribution in [-0.2, 0) is 0 Å². The number of benzene rings is 1. The Bertz CT molecular complexity index is 443. The van der Waals surface area contributed by atoms with Crippen LogP contribution in [0.25, 0.3) is 0 Å². The third-order valence-electron chi connectivity index (χ3n) is 3.90. The first-order valence-electron chi connectivity index (χ1n) is 7.74. The number of hydrogen-bond acceptors (Lipinski definition) is 2. The molecule has 0 heterocycles. The summed E-state index contributed by atoms with van der Waals surface area (Å²) in [5.41, 5.74) is 6.25. The third kappa shape index (κ3) is 4.70. The predicted molar refractivity (Wildman–Crippen MR) is 82.8 cm³/mol. The number of carbonyl (C=O) groups is 1. The van der Waals surface area contributed by atoms with E-state index < -0.39 is 0 Å². The summed E-state index contributed by atoms with van der Waals surface area (Å²) in [6.45, 7) is 1.06. The number of hydrogen-bond donors (Lipinski definition) is 2. The summed E-state index contributed by atoms with van der Waals surface area (Å²) in [4.78, 5) is 14.1. The number of halogens is 1. The van der Waals surface area contributed by atoms with Gasteiger partial charge in [-0.1, -0.05) is 19.3 Å². The SMILES string of the molecule is NCCCN(C(=O)NC1CCCCC1)c1ccc(F)cc1. The second-order valence-electron chi connectivity index (χ2n) is 5.55. The number of amides is 2. The minimum atomic E-state index is -0.301. The molecule has 1 aromatic rings. The van der Waals surface area contributed by atoms with Gasteiger partial charge in [0.1, 0.15) is 5.82 Å². The lowest BCUT2D eigenvalue weighted by molar-refractivity contribution is 0.238. The molecule has 0 saturated heterocycles. The van der Waals surface area contributed by atoms with Crippen molar-refractivity contribution >= 4 is 11.7 Å². The van der Waals surface area contributed by atoms with Gasteiger partial charge in [0, 0.05) is 18.3 Å². The van der Waals surface area contributed by atoms with E-state index in [9.17, 15) is 9.18 Å². The van der Waals surface area contributed by atoms with Gasteiger partial charge in [0.25, 0.3) is 0 Å². The molecular formula is C16H24FN3O. The smallest absolute Gasteiger partial charge is 0.322 e. The summed E-state index contributed by atoms with van der Waals surface area (Å²) in [5, 5.41) is 3.09. The second kappa shape index (κ2) is 7.98. The highest BCUT2D eigenvalue weighted by Crippen LogP contribution is 2.19. The molecule has 1 saturated carbocycles. The van der Waals surface area contributed by atoms with E-state index in [4.69, 9.17) is 5.73 Å². The van der Waals surface area contributed by atoms with Crippen LogP contribution in [0, 0.1) is 5.82 Å². The lowest BCUT2D eigenvalue weighted by atomic mass is 9.96. The van der Waals surface area contributed by atoms with E-state index in [2.05, 4.69) is 5.32 Å². The first-order chi connectivity index (χ1) is 10.2. The van der Waals surface area contributed by atoms with Crippen LogP contribution in [0.1, 0.15) is 38.5 Å². The van der Waals surface area contributed by atoms with Crippen LogP contribution in [0.2, 0.25) is 0 Å². The fourth-order valence-corrected chi connectivity index (χ4v) is 2.72. The number of carbonyl (C=O) groups excluding carboxylic acids is 1. The Morgan fingerprint density at radius 1 is 1.24 bits per heavy atom. The molecule has 3 N–H and O–H groups in total. The van der Waals surface area contributed by atoms with Crippen LogP contribution in [0.15, 0.2) is 24.3 Å². The molecule has 0 spiro atoms. The fourth-order valence-electron chi connectivity index (χ4n) is 2.72. The molecule has 4 nitrogen and oxygen atoms in total. The van der Waals surface area contributed by atoms with Crippen molar-refractivity contribution in [2.24, 2.45) is 5.73 Å². The molecular weight excluding hydrogens is 269 g/mol. The average molecular weight is 293 g/mol. The van der Waals surface area contributed by atoms with Crippen molar-refractivity contribution < 1.29 is 9.18 Å². The molecule has 0 aromatic heterocycles. The molecule has 1 aliphatic carbocycles. The summed E-state index contributed by atoms with van der Waals surface area (Å²) in [7, 11) is 0. The quantitative estimate of drug-likeness (QED) is 0.876. The maximum absolute atomic E-state index is 13.0. The molecule has 2 rings (SSSR count). The number of rotatable bonds is 5. The third-order valence-corrected chi connectivity index (χ3v) is 3.90. The van der Waals surface area contributed by atoms with Gasteiger partial charge in [0.2, 0.25) is 0 Å². The van der Waals surface area contributed by atoms with Crippen LogP contribution in [0.3, 0.4) is 0 Å². The number of nitrogens with two attached hydrogens (primary N) is 1. The van der Waals surface area contributed by atoms with Crippen molar-refractivity contribution in [3.05, 3.63) is 30.1 Å². The monoisotopic (exact) mass is 293 g/mol. The minimum Gasteiger partial charge on any atom is -0.335 e. The van der Waals surface area contributed by atoms with E-state index in [-0.39, 0.29) is 17.9 Å². The lowest BCUT2D eigenvalue weighted by Crippen LogP contribution is -2.46. The van der Waals surface area contributed by atoms with Crippen LogP contribution >= 0.6 is 0 Å². The number of anilines is 1. The van der Waals surface area contributed by atoms with E-state index in [0.29, 0.717) is 18.8 Å². The number of nitrogens with zero attached hydrogens (tertiary/aromatic N) is 1. The second-order valence-corrected chi connectivity index (χ2v) is 5.55. The van der Waals surface area contributed by atoms with Gasteiger partial charge in [-0.2, -0.15) is 0 Å². The molecule has 116 valence electrons. The summed E-state index contributed by atoms with van der Waals surface area (Å²) in [5.74, 6) is -0.301. The standard InChI is InChI=1S/C16H24FN3O/c17-13-7-9-15(10-8-13)20(12-4-11-18)16(21)19-14-5-2-1-3-6-14/h7-10,14H,1-6,11-12,18H2,(H,19,21). The summed E-state index contributed by atoms with van der Waals surface area (Å²) in [6, 6.07) is 6.16. The Hall–Kier alpha value is -1.62. The zero-order valence-corrected chi connectivity index (χ0v) is 12.4. The highest BCUT2D eigenvalue weighted by Gasteiger charge is 2.20. The Balaban J connectivity index is 2.03. The number of urea groups is 1. The van der Waals surface area contributed by atoms with Gasteiger partial charge in [-0.25, -0.2) is 9.18 Å². The molecule has 5 heteroatoms. The Morgan fingerprint density at radius 3 is 2.52 bits per heavy atom. The molecule has 1 aliphatic rings. The van der Waals surface area contributed by atoms with E-state index >= 15 is 0 Å². The zero-order chi connectivity index (χ0) is 15.1. The minimum absolute atomic E-state index is 0.109. The van der Waals surface area contributed by atoms with Crippen LogP contribution in [0.4, 0.5) is 14.9 Å². The van der Waals surface area contributed by atoms with Crippen LogP contribution < -0.4 is 16.0 Å². The molecule has 0 unspecified atom stereocenters. The van der Waals surface area contributed by atoms with E-state index in [1.807, 2.05) is 0 Å². The Labute approximate surface area is 125 Å². The van der Waals surface area contributed by atoms with Gasteiger partial charge in [0.05, 0.1) is 0 Å². The van der Waals surface area contributed by atoms with Gasteiger partial charge in [0.15, 0.2) is 0 Å². The largest absolute Gasteiger partial charge is 0.335 e. The van der Waals surface area contributed by atoms with Gasteiger partial charge in [-0.3, -0.25) is 4.90 Å².